The fourth-order valence-electron chi connectivity index (χ4n) is 2.26. The molecule has 1 heteroatoms. The largest absolute Gasteiger partial charge is 0.316 e. The topological polar surface area (TPSA) is 12.0 Å². The van der Waals surface area contributed by atoms with Crippen molar-refractivity contribution in [2.24, 2.45) is 11.8 Å². The van der Waals surface area contributed by atoms with Crippen molar-refractivity contribution in [3.05, 3.63) is 11.6 Å². The van der Waals surface area contributed by atoms with Gasteiger partial charge in [-0.25, -0.2) is 0 Å². The summed E-state index contributed by atoms with van der Waals surface area (Å²) in [7, 11) is 0. The lowest BCUT2D eigenvalue weighted by Crippen LogP contribution is -2.34. The summed E-state index contributed by atoms with van der Waals surface area (Å²) in [5, 5.41) is 3.44. The molecule has 0 spiro atoms. The molecule has 2 rings (SSSR count). The van der Waals surface area contributed by atoms with Gasteiger partial charge in [-0.15, -0.1) is 0 Å². The van der Waals surface area contributed by atoms with Gasteiger partial charge in [-0.05, 0) is 44.7 Å². The van der Waals surface area contributed by atoms with Crippen LogP contribution in [-0.2, 0) is 0 Å². The van der Waals surface area contributed by atoms with Gasteiger partial charge in [0.1, 0.15) is 0 Å². The first-order chi connectivity index (χ1) is 4.88. The second-order valence-corrected chi connectivity index (χ2v) is 3.54. The highest BCUT2D eigenvalue weighted by Crippen LogP contribution is 2.35. The van der Waals surface area contributed by atoms with E-state index in [2.05, 4.69) is 18.3 Å². The molecule has 1 aliphatic carbocycles. The Hall–Kier alpha value is -0.300. The Kier molecular flexibility index (Phi) is 1.53. The van der Waals surface area contributed by atoms with Crippen LogP contribution in [0.2, 0.25) is 0 Å². The molecule has 10 heavy (non-hydrogen) atoms. The number of nitrogens with one attached hydrogen (secondary N) is 1. The van der Waals surface area contributed by atoms with Crippen molar-refractivity contribution in [2.75, 3.05) is 13.1 Å². The van der Waals surface area contributed by atoms with Crippen molar-refractivity contribution in [1.82, 2.24) is 5.32 Å². The first kappa shape index (κ1) is 6.41. The van der Waals surface area contributed by atoms with Crippen LogP contribution >= 0.6 is 0 Å². The zero-order chi connectivity index (χ0) is 6.97. The van der Waals surface area contributed by atoms with Crippen LogP contribution in [0.3, 0.4) is 0 Å². The van der Waals surface area contributed by atoms with E-state index < -0.39 is 0 Å². The van der Waals surface area contributed by atoms with Gasteiger partial charge in [0, 0.05) is 0 Å². The van der Waals surface area contributed by atoms with E-state index in [4.69, 9.17) is 0 Å². The Morgan fingerprint density at radius 2 is 2.50 bits per heavy atom. The average Bonchev–Trinajstić information content (AvgIpc) is 2.34. The second kappa shape index (κ2) is 2.39. The normalized spacial score (nSPS) is 39.1. The van der Waals surface area contributed by atoms with E-state index in [9.17, 15) is 0 Å². The highest BCUT2D eigenvalue weighted by Gasteiger charge is 2.28. The zero-order valence-corrected chi connectivity index (χ0v) is 6.56. The quantitative estimate of drug-likeness (QED) is 0.500. The SMILES string of the molecule is CC1=CCC2CNCCC12. The average molecular weight is 137 g/mol. The van der Waals surface area contributed by atoms with Crippen molar-refractivity contribution in [2.45, 2.75) is 19.8 Å². The van der Waals surface area contributed by atoms with Crippen LogP contribution in [-0.4, -0.2) is 13.1 Å². The van der Waals surface area contributed by atoms with Gasteiger partial charge in [0.25, 0.3) is 0 Å². The third-order valence-corrected chi connectivity index (χ3v) is 2.94. The van der Waals surface area contributed by atoms with Crippen LogP contribution in [0.5, 0.6) is 0 Å². The van der Waals surface area contributed by atoms with E-state index >= 15 is 0 Å². The lowest BCUT2D eigenvalue weighted by atomic mass is 9.86. The summed E-state index contributed by atoms with van der Waals surface area (Å²) >= 11 is 0. The van der Waals surface area contributed by atoms with Crippen molar-refractivity contribution in [3.63, 3.8) is 0 Å². The van der Waals surface area contributed by atoms with Gasteiger partial charge in [0.05, 0.1) is 0 Å². The summed E-state index contributed by atoms with van der Waals surface area (Å²) in [5.74, 6) is 1.87. The van der Waals surface area contributed by atoms with Crippen molar-refractivity contribution >= 4 is 0 Å². The standard InChI is InChI=1S/C9H15N/c1-7-2-3-8-6-10-5-4-9(7)8/h2,8-10H,3-6H2,1H3. The number of rotatable bonds is 0. The molecule has 1 nitrogen and oxygen atoms in total. The number of hydrogen-bond donors (Lipinski definition) is 1. The minimum atomic E-state index is 0.932. The Balaban J connectivity index is 2.08. The van der Waals surface area contributed by atoms with Crippen LogP contribution in [0.15, 0.2) is 11.6 Å². The van der Waals surface area contributed by atoms with Crippen LogP contribution < -0.4 is 5.32 Å². The molecule has 1 aliphatic heterocycles. The molecule has 0 amide bonds. The van der Waals surface area contributed by atoms with Crippen molar-refractivity contribution in [3.8, 4) is 0 Å². The highest BCUT2D eigenvalue weighted by molar-refractivity contribution is 5.14. The monoisotopic (exact) mass is 137 g/mol. The molecular formula is C9H15N. The first-order valence-electron chi connectivity index (χ1n) is 4.25. The first-order valence-corrected chi connectivity index (χ1v) is 4.25. The Labute approximate surface area is 62.5 Å². The smallest absolute Gasteiger partial charge is 0.00118 e. The molecule has 1 heterocycles. The maximum Gasteiger partial charge on any atom is -0.00118 e. The van der Waals surface area contributed by atoms with Gasteiger partial charge in [-0.3, -0.25) is 0 Å². The molecule has 2 aliphatic rings. The molecular weight excluding hydrogens is 122 g/mol. The minimum Gasteiger partial charge on any atom is -0.316 e. The summed E-state index contributed by atoms with van der Waals surface area (Å²) in [6, 6.07) is 0. The van der Waals surface area contributed by atoms with Crippen LogP contribution in [0.1, 0.15) is 19.8 Å². The molecule has 0 aromatic rings. The lowest BCUT2D eigenvalue weighted by Gasteiger charge is -2.27. The van der Waals surface area contributed by atoms with Gasteiger partial charge in [0.15, 0.2) is 0 Å². The molecule has 2 unspecified atom stereocenters. The third-order valence-electron chi connectivity index (χ3n) is 2.94. The van der Waals surface area contributed by atoms with Gasteiger partial charge >= 0.3 is 0 Å². The highest BCUT2D eigenvalue weighted by atomic mass is 14.9. The van der Waals surface area contributed by atoms with E-state index in [1.807, 2.05) is 0 Å². The van der Waals surface area contributed by atoms with Crippen molar-refractivity contribution < 1.29 is 0 Å². The van der Waals surface area contributed by atoms with E-state index in [1.54, 1.807) is 5.57 Å². The number of allylic oxidation sites excluding steroid dienone is 2. The molecule has 2 atom stereocenters. The van der Waals surface area contributed by atoms with E-state index in [0.717, 1.165) is 11.8 Å². The fraction of sp³-hybridized carbons (Fsp3) is 0.778. The molecule has 0 aromatic carbocycles. The number of piperidine rings is 1. The van der Waals surface area contributed by atoms with Crippen LogP contribution in [0, 0.1) is 11.8 Å². The number of fused-ring (bicyclic) bond motifs is 1. The fourth-order valence-corrected chi connectivity index (χ4v) is 2.26. The second-order valence-electron chi connectivity index (χ2n) is 3.54. The maximum absolute atomic E-state index is 3.44. The molecule has 1 fully saturated rings. The van der Waals surface area contributed by atoms with Gasteiger partial charge in [-0.2, -0.15) is 0 Å². The van der Waals surface area contributed by atoms with Gasteiger partial charge < -0.3 is 5.32 Å². The van der Waals surface area contributed by atoms with Gasteiger partial charge in [-0.1, -0.05) is 11.6 Å². The molecule has 56 valence electrons. The van der Waals surface area contributed by atoms with Crippen molar-refractivity contribution in [1.29, 1.82) is 0 Å². The van der Waals surface area contributed by atoms with E-state index in [-0.39, 0.29) is 0 Å². The third kappa shape index (κ3) is 0.891. The maximum atomic E-state index is 3.44. The number of hydrogen-bond acceptors (Lipinski definition) is 1. The van der Waals surface area contributed by atoms with E-state index in [1.165, 1.54) is 25.9 Å². The summed E-state index contributed by atoms with van der Waals surface area (Å²) in [6.45, 7) is 4.76. The minimum absolute atomic E-state index is 0.932. The van der Waals surface area contributed by atoms with E-state index in [0.29, 0.717) is 0 Å². The summed E-state index contributed by atoms with van der Waals surface area (Å²) in [5.41, 5.74) is 1.64. The Morgan fingerprint density at radius 1 is 1.60 bits per heavy atom. The molecule has 0 saturated carbocycles. The molecule has 1 saturated heterocycles. The molecule has 0 bridgehead atoms. The molecule has 0 aromatic heterocycles. The summed E-state index contributed by atoms with van der Waals surface area (Å²) in [6.07, 6.45) is 5.11. The molecule has 0 radical (unpaired) electrons. The lowest BCUT2D eigenvalue weighted by molar-refractivity contribution is 0.313. The summed E-state index contributed by atoms with van der Waals surface area (Å²) < 4.78 is 0. The Morgan fingerprint density at radius 3 is 3.30 bits per heavy atom. The summed E-state index contributed by atoms with van der Waals surface area (Å²) in [4.78, 5) is 0. The Bertz CT molecular complexity index is 160. The van der Waals surface area contributed by atoms with Crippen LogP contribution in [0.25, 0.3) is 0 Å². The van der Waals surface area contributed by atoms with Gasteiger partial charge in [0.2, 0.25) is 0 Å². The zero-order valence-electron chi connectivity index (χ0n) is 6.56. The molecule has 1 N–H and O–H groups in total. The van der Waals surface area contributed by atoms with Crippen LogP contribution in [0.4, 0.5) is 0 Å². The predicted molar refractivity (Wildman–Crippen MR) is 42.8 cm³/mol. The predicted octanol–water partition coefficient (Wildman–Crippen LogP) is 1.56.